The highest BCUT2D eigenvalue weighted by Gasteiger charge is 2.33. The Kier molecular flexibility index (Phi) is 4.03. The highest BCUT2D eigenvalue weighted by atomic mass is 32.1. The van der Waals surface area contributed by atoms with Crippen LogP contribution in [0.25, 0.3) is 21.3 Å². The third-order valence-electron chi connectivity index (χ3n) is 4.49. The van der Waals surface area contributed by atoms with Crippen LogP contribution >= 0.6 is 11.3 Å². The Balaban J connectivity index is 2.42. The smallest absolute Gasteiger partial charge is 0.329 e. The largest absolute Gasteiger partial charge is 0.480 e. The van der Waals surface area contributed by atoms with Gasteiger partial charge < -0.3 is 5.11 Å². The lowest BCUT2D eigenvalue weighted by atomic mass is 10.0. The lowest BCUT2D eigenvalue weighted by Crippen LogP contribution is -2.44. The van der Waals surface area contributed by atoms with Gasteiger partial charge in [-0.1, -0.05) is 29.8 Å². The van der Waals surface area contributed by atoms with E-state index in [-0.39, 0.29) is 5.56 Å². The van der Waals surface area contributed by atoms with Crippen molar-refractivity contribution in [2.45, 2.75) is 40.2 Å². The quantitative estimate of drug-likeness (QED) is 0.773. The third kappa shape index (κ3) is 2.66. The average Bonchev–Trinajstić information content (AvgIpc) is 2.84. The molecule has 2 heterocycles. The number of hydrogen-bond acceptors (Lipinski definition) is 4. The SMILES string of the molecule is Cc1ccc(-c2c(C)sc3nc(C)n(C(C)(C)C(=O)O)c(=O)c23)cc1. The predicted octanol–water partition coefficient (Wildman–Crippen LogP) is 3.87. The zero-order chi connectivity index (χ0) is 18.5. The van der Waals surface area contributed by atoms with Crippen LogP contribution in [0.1, 0.15) is 30.1 Å². The van der Waals surface area contributed by atoms with Crippen LogP contribution in [0.15, 0.2) is 29.1 Å². The predicted molar refractivity (Wildman–Crippen MR) is 100 cm³/mol. The lowest BCUT2D eigenvalue weighted by Gasteiger charge is -2.24. The van der Waals surface area contributed by atoms with Crippen LogP contribution in [0.2, 0.25) is 0 Å². The second kappa shape index (κ2) is 5.81. The van der Waals surface area contributed by atoms with Crippen molar-refractivity contribution in [3.63, 3.8) is 0 Å². The molecule has 0 aliphatic rings. The number of carboxylic acids is 1. The highest BCUT2D eigenvalue weighted by Crippen LogP contribution is 2.36. The number of carbonyl (C=O) groups is 1. The minimum atomic E-state index is -1.37. The monoisotopic (exact) mass is 356 g/mol. The van der Waals surface area contributed by atoms with E-state index in [9.17, 15) is 14.7 Å². The minimum absolute atomic E-state index is 0.310. The van der Waals surface area contributed by atoms with Crippen molar-refractivity contribution in [3.8, 4) is 11.1 Å². The molecule has 5 nitrogen and oxygen atoms in total. The topological polar surface area (TPSA) is 72.2 Å². The first-order valence-corrected chi connectivity index (χ1v) is 8.80. The zero-order valence-corrected chi connectivity index (χ0v) is 15.7. The van der Waals surface area contributed by atoms with E-state index in [0.717, 1.165) is 21.6 Å². The Hall–Kier alpha value is -2.47. The number of hydrogen-bond donors (Lipinski definition) is 1. The molecule has 0 spiro atoms. The Morgan fingerprint density at radius 2 is 1.76 bits per heavy atom. The van der Waals surface area contributed by atoms with Crippen LogP contribution < -0.4 is 5.56 Å². The molecule has 0 unspecified atom stereocenters. The highest BCUT2D eigenvalue weighted by molar-refractivity contribution is 7.19. The van der Waals surface area contributed by atoms with Gasteiger partial charge >= 0.3 is 5.97 Å². The average molecular weight is 356 g/mol. The maximum absolute atomic E-state index is 13.2. The van der Waals surface area contributed by atoms with Gasteiger partial charge in [0.1, 0.15) is 16.2 Å². The van der Waals surface area contributed by atoms with E-state index in [1.54, 1.807) is 6.92 Å². The second-order valence-corrected chi connectivity index (χ2v) is 7.95. The fraction of sp³-hybridized carbons (Fsp3) is 0.316. The summed E-state index contributed by atoms with van der Waals surface area (Å²) in [6, 6.07) is 7.96. The molecule has 3 aromatic rings. The third-order valence-corrected chi connectivity index (χ3v) is 5.49. The summed E-state index contributed by atoms with van der Waals surface area (Å²) in [4.78, 5) is 31.1. The lowest BCUT2D eigenvalue weighted by molar-refractivity contribution is -0.145. The first-order chi connectivity index (χ1) is 11.6. The van der Waals surface area contributed by atoms with Gasteiger partial charge in [-0.2, -0.15) is 0 Å². The molecule has 25 heavy (non-hydrogen) atoms. The Morgan fingerprint density at radius 3 is 2.32 bits per heavy atom. The summed E-state index contributed by atoms with van der Waals surface area (Å²) in [6.07, 6.45) is 0. The normalized spacial score (nSPS) is 11.9. The molecule has 0 saturated carbocycles. The number of rotatable bonds is 3. The van der Waals surface area contributed by atoms with Crippen LogP contribution in [-0.4, -0.2) is 20.6 Å². The van der Waals surface area contributed by atoms with Gasteiger partial charge in [0.25, 0.3) is 5.56 Å². The minimum Gasteiger partial charge on any atom is -0.480 e. The van der Waals surface area contributed by atoms with E-state index < -0.39 is 11.5 Å². The van der Waals surface area contributed by atoms with E-state index in [4.69, 9.17) is 0 Å². The fourth-order valence-corrected chi connectivity index (χ4v) is 4.17. The number of thiophene rings is 1. The summed E-state index contributed by atoms with van der Waals surface area (Å²) in [5.41, 5.74) is 1.24. The van der Waals surface area contributed by atoms with E-state index in [0.29, 0.717) is 16.0 Å². The molecule has 2 aromatic heterocycles. The first-order valence-electron chi connectivity index (χ1n) is 7.98. The van der Waals surface area contributed by atoms with Crippen molar-refractivity contribution in [2.24, 2.45) is 0 Å². The number of benzene rings is 1. The number of aryl methyl sites for hydroxylation is 3. The molecule has 0 atom stereocenters. The van der Waals surface area contributed by atoms with Gasteiger partial charge in [0.15, 0.2) is 0 Å². The fourth-order valence-electron chi connectivity index (χ4n) is 3.08. The van der Waals surface area contributed by atoms with Crippen molar-refractivity contribution in [3.05, 3.63) is 50.9 Å². The first kappa shape index (κ1) is 17.4. The molecule has 0 amide bonds. The van der Waals surface area contributed by atoms with Crippen molar-refractivity contribution in [1.29, 1.82) is 0 Å². The van der Waals surface area contributed by atoms with E-state index in [2.05, 4.69) is 4.98 Å². The molecule has 0 saturated heterocycles. The molecule has 0 fully saturated rings. The number of fused-ring (bicyclic) bond motifs is 1. The van der Waals surface area contributed by atoms with Crippen LogP contribution in [0.5, 0.6) is 0 Å². The molecule has 0 aliphatic carbocycles. The molecule has 3 rings (SSSR count). The standard InChI is InChI=1S/C19H20N2O3S/c1-10-6-8-13(9-7-10)14-11(2)25-16-15(14)17(22)21(12(3)20-16)19(4,5)18(23)24/h6-9H,1-5H3,(H,23,24). The van der Waals surface area contributed by atoms with Gasteiger partial charge in [0.05, 0.1) is 5.39 Å². The van der Waals surface area contributed by atoms with Crippen molar-refractivity contribution < 1.29 is 9.90 Å². The Bertz CT molecular complexity index is 1040. The van der Waals surface area contributed by atoms with Crippen LogP contribution in [0.4, 0.5) is 0 Å². The number of nitrogens with zero attached hydrogens (tertiary/aromatic N) is 2. The summed E-state index contributed by atoms with van der Waals surface area (Å²) >= 11 is 1.46. The van der Waals surface area contributed by atoms with E-state index >= 15 is 0 Å². The Labute approximate surface area is 149 Å². The molecular formula is C19H20N2O3S. The molecule has 130 valence electrons. The van der Waals surface area contributed by atoms with E-state index in [1.807, 2.05) is 38.1 Å². The summed E-state index contributed by atoms with van der Waals surface area (Å²) < 4.78 is 1.28. The van der Waals surface area contributed by atoms with Crippen LogP contribution in [0.3, 0.4) is 0 Å². The van der Waals surface area contributed by atoms with Gasteiger partial charge in [-0.3, -0.25) is 9.36 Å². The Morgan fingerprint density at radius 1 is 1.16 bits per heavy atom. The molecule has 6 heteroatoms. The summed E-state index contributed by atoms with van der Waals surface area (Å²) in [6.45, 7) is 8.68. The van der Waals surface area contributed by atoms with Gasteiger partial charge in [-0.25, -0.2) is 9.78 Å². The molecular weight excluding hydrogens is 336 g/mol. The van der Waals surface area contributed by atoms with Crippen molar-refractivity contribution >= 4 is 27.5 Å². The number of aliphatic carboxylic acids is 1. The van der Waals surface area contributed by atoms with Crippen molar-refractivity contribution in [2.75, 3.05) is 0 Å². The van der Waals surface area contributed by atoms with Crippen LogP contribution in [0, 0.1) is 20.8 Å². The van der Waals surface area contributed by atoms with Gasteiger partial charge in [0, 0.05) is 10.4 Å². The molecule has 1 N–H and O–H groups in total. The molecule has 0 bridgehead atoms. The van der Waals surface area contributed by atoms with Gasteiger partial charge in [0.2, 0.25) is 0 Å². The maximum Gasteiger partial charge on any atom is 0.329 e. The summed E-state index contributed by atoms with van der Waals surface area (Å²) in [5, 5.41) is 10.0. The maximum atomic E-state index is 13.2. The zero-order valence-electron chi connectivity index (χ0n) is 14.9. The molecule has 0 aliphatic heterocycles. The van der Waals surface area contributed by atoms with Gasteiger partial charge in [-0.15, -0.1) is 11.3 Å². The van der Waals surface area contributed by atoms with Crippen LogP contribution in [-0.2, 0) is 10.3 Å². The molecule has 1 aromatic carbocycles. The van der Waals surface area contributed by atoms with E-state index in [1.165, 1.54) is 29.8 Å². The number of carboxylic acid groups (broad SMARTS) is 1. The second-order valence-electron chi connectivity index (χ2n) is 6.74. The summed E-state index contributed by atoms with van der Waals surface area (Å²) in [5.74, 6) is -0.663. The van der Waals surface area contributed by atoms with Crippen molar-refractivity contribution in [1.82, 2.24) is 9.55 Å². The number of aromatic nitrogens is 2. The van der Waals surface area contributed by atoms with Gasteiger partial charge in [-0.05, 0) is 40.2 Å². The summed E-state index contributed by atoms with van der Waals surface area (Å²) in [7, 11) is 0. The molecule has 0 radical (unpaired) electrons.